The van der Waals surface area contributed by atoms with Gasteiger partial charge in [-0.05, 0) is 62.7 Å². The van der Waals surface area contributed by atoms with Gasteiger partial charge in [0.2, 0.25) is 0 Å². The molecule has 0 aliphatic heterocycles. The molecule has 2 saturated carbocycles. The van der Waals surface area contributed by atoms with Gasteiger partial charge in [0.05, 0.1) is 12.0 Å². The number of amides is 1. The second kappa shape index (κ2) is 7.13. The molecule has 2 aliphatic rings. The third-order valence-corrected chi connectivity index (χ3v) is 5.66. The van der Waals surface area contributed by atoms with Crippen LogP contribution in [0, 0.1) is 34.5 Å². The minimum atomic E-state index is -0.839. The van der Waals surface area contributed by atoms with Gasteiger partial charge in [-0.15, -0.1) is 0 Å². The van der Waals surface area contributed by atoms with Crippen molar-refractivity contribution in [1.82, 2.24) is 5.32 Å². The summed E-state index contributed by atoms with van der Waals surface area (Å²) in [7, 11) is 0. The quantitative estimate of drug-likeness (QED) is 0.783. The highest BCUT2D eigenvalue weighted by molar-refractivity contribution is 5.82. The van der Waals surface area contributed by atoms with Crippen molar-refractivity contribution in [1.29, 1.82) is 5.26 Å². The van der Waals surface area contributed by atoms with Crippen LogP contribution in [0.1, 0.15) is 66.2 Å². The van der Waals surface area contributed by atoms with Gasteiger partial charge in [0.15, 0.2) is 6.61 Å². The van der Waals surface area contributed by atoms with E-state index in [2.05, 4.69) is 32.2 Å². The first-order valence-electron chi connectivity index (χ1n) is 9.04. The summed E-state index contributed by atoms with van der Waals surface area (Å²) in [6.07, 6.45) is 5.65. The highest BCUT2D eigenvalue weighted by Gasteiger charge is 2.43. The van der Waals surface area contributed by atoms with Crippen molar-refractivity contribution >= 4 is 11.9 Å². The van der Waals surface area contributed by atoms with Gasteiger partial charge in [-0.3, -0.25) is 9.59 Å². The van der Waals surface area contributed by atoms with Crippen LogP contribution >= 0.6 is 0 Å². The average Bonchev–Trinajstić information content (AvgIpc) is 3.37. The molecule has 5 heteroatoms. The Hall–Kier alpha value is -1.57. The lowest BCUT2D eigenvalue weighted by atomic mass is 9.70. The zero-order valence-electron chi connectivity index (χ0n) is 15.4. The largest absolute Gasteiger partial charge is 0.455 e. The summed E-state index contributed by atoms with van der Waals surface area (Å²) in [5.74, 6) is 0.0991. The highest BCUT2D eigenvalue weighted by atomic mass is 16.5. The summed E-state index contributed by atoms with van der Waals surface area (Å²) >= 11 is 0. The maximum atomic E-state index is 12.2. The molecule has 5 nitrogen and oxygen atoms in total. The molecule has 0 heterocycles. The Morgan fingerprint density at radius 3 is 2.04 bits per heavy atom. The Morgan fingerprint density at radius 2 is 1.58 bits per heavy atom. The smallest absolute Gasteiger partial charge is 0.309 e. The fourth-order valence-corrected chi connectivity index (χ4v) is 3.66. The Bertz CT molecular complexity index is 520. The van der Waals surface area contributed by atoms with E-state index >= 15 is 0 Å². The minimum Gasteiger partial charge on any atom is -0.455 e. The standard InChI is InChI=1S/C19H30N2O3/c1-18(2,3)14-7-5-13(6-8-14)17(23)24-11-16(22)21-19(4,12-20)15-9-10-15/h13-15H,5-11H2,1-4H3,(H,21,22)/t13?,14?,19-/m0/s1. The molecule has 1 amide bonds. The molecule has 0 radical (unpaired) electrons. The van der Waals surface area contributed by atoms with Crippen molar-refractivity contribution in [2.45, 2.75) is 71.8 Å². The Morgan fingerprint density at radius 1 is 1.04 bits per heavy atom. The first kappa shape index (κ1) is 18.8. The van der Waals surface area contributed by atoms with Crippen LogP contribution in [0.2, 0.25) is 0 Å². The molecule has 0 aromatic rings. The SMILES string of the molecule is CC(C)(C)C1CCC(C(=O)OCC(=O)N[C@@](C)(C#N)C2CC2)CC1. The van der Waals surface area contributed by atoms with E-state index in [0.29, 0.717) is 5.92 Å². The number of nitrogens with zero attached hydrogens (tertiary/aromatic N) is 1. The number of nitriles is 1. The predicted octanol–water partition coefficient (Wildman–Crippen LogP) is 3.19. The lowest BCUT2D eigenvalue weighted by molar-refractivity contribution is -0.154. The molecule has 2 rings (SSSR count). The second-order valence-corrected chi connectivity index (χ2v) is 8.66. The summed E-state index contributed by atoms with van der Waals surface area (Å²) in [6, 6.07) is 2.17. The summed E-state index contributed by atoms with van der Waals surface area (Å²) < 4.78 is 5.19. The van der Waals surface area contributed by atoms with E-state index in [9.17, 15) is 14.9 Å². The van der Waals surface area contributed by atoms with Gasteiger partial charge >= 0.3 is 5.97 Å². The summed E-state index contributed by atoms with van der Waals surface area (Å²) in [4.78, 5) is 24.2. The van der Waals surface area contributed by atoms with Crippen LogP contribution in [0.5, 0.6) is 0 Å². The van der Waals surface area contributed by atoms with E-state index < -0.39 is 5.54 Å². The van der Waals surface area contributed by atoms with Crippen LogP contribution in [-0.4, -0.2) is 24.0 Å². The van der Waals surface area contributed by atoms with Crippen molar-refractivity contribution in [2.24, 2.45) is 23.2 Å². The van der Waals surface area contributed by atoms with Gasteiger partial charge in [0, 0.05) is 0 Å². The third-order valence-electron chi connectivity index (χ3n) is 5.66. The van der Waals surface area contributed by atoms with Gasteiger partial charge in [0.25, 0.3) is 5.91 Å². The normalized spacial score (nSPS) is 26.8. The first-order valence-corrected chi connectivity index (χ1v) is 9.04. The molecule has 0 saturated heterocycles. The van der Waals surface area contributed by atoms with Crippen molar-refractivity contribution in [3.05, 3.63) is 0 Å². The van der Waals surface area contributed by atoms with Gasteiger partial charge in [-0.25, -0.2) is 0 Å². The van der Waals surface area contributed by atoms with Crippen LogP contribution in [0.25, 0.3) is 0 Å². The van der Waals surface area contributed by atoms with Crippen molar-refractivity contribution in [3.63, 3.8) is 0 Å². The molecular weight excluding hydrogens is 304 g/mol. The van der Waals surface area contributed by atoms with E-state index in [1.54, 1.807) is 6.92 Å². The third kappa shape index (κ3) is 4.72. The molecule has 0 aromatic heterocycles. The van der Waals surface area contributed by atoms with E-state index in [1.807, 2.05) is 0 Å². The van der Waals surface area contributed by atoms with E-state index in [-0.39, 0.29) is 35.7 Å². The molecule has 134 valence electrons. The molecule has 1 N–H and O–H groups in total. The van der Waals surface area contributed by atoms with Gasteiger partial charge in [0.1, 0.15) is 5.54 Å². The minimum absolute atomic E-state index is 0.0952. The Kier molecular flexibility index (Phi) is 5.57. The Balaban J connectivity index is 1.74. The Labute approximate surface area is 145 Å². The van der Waals surface area contributed by atoms with Crippen LogP contribution in [-0.2, 0) is 14.3 Å². The molecule has 0 bridgehead atoms. The summed E-state index contributed by atoms with van der Waals surface area (Å²) in [6.45, 7) is 8.17. The maximum absolute atomic E-state index is 12.2. The number of carbonyl (C=O) groups excluding carboxylic acids is 2. The first-order chi connectivity index (χ1) is 11.2. The van der Waals surface area contributed by atoms with Crippen molar-refractivity contribution in [2.75, 3.05) is 6.61 Å². The van der Waals surface area contributed by atoms with E-state index in [1.165, 1.54) is 0 Å². The monoisotopic (exact) mass is 334 g/mol. The molecule has 0 spiro atoms. The lowest BCUT2D eigenvalue weighted by Crippen LogP contribution is -2.48. The topological polar surface area (TPSA) is 79.2 Å². The predicted molar refractivity (Wildman–Crippen MR) is 90.7 cm³/mol. The van der Waals surface area contributed by atoms with Crippen LogP contribution in [0.3, 0.4) is 0 Å². The zero-order chi connectivity index (χ0) is 18.0. The van der Waals surface area contributed by atoms with E-state index in [0.717, 1.165) is 38.5 Å². The number of carbonyl (C=O) groups is 2. The number of hydrogen-bond donors (Lipinski definition) is 1. The van der Waals surface area contributed by atoms with Crippen LogP contribution in [0.4, 0.5) is 0 Å². The van der Waals surface area contributed by atoms with Crippen molar-refractivity contribution in [3.8, 4) is 6.07 Å². The molecule has 0 aromatic carbocycles. The number of ether oxygens (including phenoxy) is 1. The summed E-state index contributed by atoms with van der Waals surface area (Å²) in [5, 5.41) is 12.0. The second-order valence-electron chi connectivity index (χ2n) is 8.66. The molecule has 1 atom stereocenters. The average molecular weight is 334 g/mol. The zero-order valence-corrected chi connectivity index (χ0v) is 15.4. The number of nitrogens with one attached hydrogen (secondary N) is 1. The van der Waals surface area contributed by atoms with Gasteiger partial charge in [-0.2, -0.15) is 5.26 Å². The molecule has 24 heavy (non-hydrogen) atoms. The van der Waals surface area contributed by atoms with Crippen LogP contribution in [0.15, 0.2) is 0 Å². The number of hydrogen-bond acceptors (Lipinski definition) is 4. The fourth-order valence-electron chi connectivity index (χ4n) is 3.66. The van der Waals surface area contributed by atoms with Gasteiger partial charge in [-0.1, -0.05) is 20.8 Å². The number of esters is 1. The van der Waals surface area contributed by atoms with Gasteiger partial charge < -0.3 is 10.1 Å². The molecular formula is C19H30N2O3. The summed E-state index contributed by atoms with van der Waals surface area (Å²) in [5.41, 5.74) is -0.562. The lowest BCUT2D eigenvalue weighted by Gasteiger charge is -2.36. The highest BCUT2D eigenvalue weighted by Crippen LogP contribution is 2.40. The maximum Gasteiger partial charge on any atom is 0.309 e. The molecule has 2 fully saturated rings. The molecule has 2 aliphatic carbocycles. The van der Waals surface area contributed by atoms with E-state index in [4.69, 9.17) is 4.74 Å². The van der Waals surface area contributed by atoms with Crippen molar-refractivity contribution < 1.29 is 14.3 Å². The fraction of sp³-hybridized carbons (Fsp3) is 0.842. The van der Waals surface area contributed by atoms with Crippen LogP contribution < -0.4 is 5.32 Å². The molecule has 0 unspecified atom stereocenters. The number of rotatable bonds is 5.